The van der Waals surface area contributed by atoms with Crippen molar-refractivity contribution in [2.24, 2.45) is 0 Å². The van der Waals surface area contributed by atoms with Gasteiger partial charge in [0, 0.05) is 16.4 Å². The molecule has 0 aliphatic heterocycles. The Labute approximate surface area is 147 Å². The number of benzene rings is 1. The smallest absolute Gasteiger partial charge is 0.276 e. The molecule has 120 valence electrons. The zero-order valence-electron chi connectivity index (χ0n) is 11.3. The largest absolute Gasteiger partial charge is 0.417 e. The van der Waals surface area contributed by atoms with Gasteiger partial charge in [0.15, 0.2) is 10.8 Å². The number of thioether (sulfide) groups is 1. The zero-order valence-corrected chi connectivity index (χ0v) is 14.5. The van der Waals surface area contributed by atoms with Crippen molar-refractivity contribution in [3.05, 3.63) is 57.2 Å². The van der Waals surface area contributed by atoms with Gasteiger partial charge < -0.3 is 0 Å². The lowest BCUT2D eigenvalue weighted by Crippen LogP contribution is -2.07. The van der Waals surface area contributed by atoms with Crippen LogP contribution in [-0.4, -0.2) is 14.6 Å². The van der Waals surface area contributed by atoms with Crippen LogP contribution in [0.2, 0.25) is 5.02 Å². The van der Waals surface area contributed by atoms with Gasteiger partial charge in [-0.15, -0.1) is 10.2 Å². The van der Waals surface area contributed by atoms with E-state index in [1.807, 2.05) is 24.3 Å². The molecule has 0 N–H and O–H groups in total. The molecule has 0 fully saturated rings. The van der Waals surface area contributed by atoms with Crippen LogP contribution in [0.5, 0.6) is 0 Å². The van der Waals surface area contributed by atoms with Gasteiger partial charge in [0.25, 0.3) is 0 Å². The van der Waals surface area contributed by atoms with E-state index in [0.717, 1.165) is 22.3 Å². The number of hydrogen-bond donors (Lipinski definition) is 0. The molecule has 3 rings (SSSR count). The normalized spacial score (nSPS) is 12.0. The van der Waals surface area contributed by atoms with E-state index in [-0.39, 0.29) is 10.7 Å². The van der Waals surface area contributed by atoms with Gasteiger partial charge in [-0.25, -0.2) is 0 Å². The second-order valence-corrected chi connectivity index (χ2v) is 6.83. The molecule has 0 saturated heterocycles. The molecule has 3 aromatic rings. The van der Waals surface area contributed by atoms with Crippen LogP contribution in [0.25, 0.3) is 5.65 Å². The molecule has 0 atom stereocenters. The summed E-state index contributed by atoms with van der Waals surface area (Å²) in [5.74, 6) is 0.538. The van der Waals surface area contributed by atoms with E-state index in [1.54, 1.807) is 0 Å². The highest BCUT2D eigenvalue weighted by Gasteiger charge is 2.32. The van der Waals surface area contributed by atoms with Crippen molar-refractivity contribution in [1.82, 2.24) is 14.6 Å². The Morgan fingerprint density at radius 3 is 2.65 bits per heavy atom. The zero-order chi connectivity index (χ0) is 16.6. The molecule has 0 saturated carbocycles. The first-order valence-electron chi connectivity index (χ1n) is 6.34. The molecule has 0 radical (unpaired) electrons. The van der Waals surface area contributed by atoms with Gasteiger partial charge in [0.05, 0.1) is 10.6 Å². The molecule has 0 unspecified atom stereocenters. The second-order valence-electron chi connectivity index (χ2n) is 4.63. The minimum Gasteiger partial charge on any atom is -0.276 e. The van der Waals surface area contributed by atoms with Crippen LogP contribution < -0.4 is 0 Å². The number of alkyl halides is 3. The fourth-order valence-corrected chi connectivity index (χ4v) is 3.71. The van der Waals surface area contributed by atoms with Crippen LogP contribution in [0, 0.1) is 0 Å². The molecule has 2 heterocycles. The third-order valence-corrected chi connectivity index (χ3v) is 5.11. The van der Waals surface area contributed by atoms with E-state index in [1.165, 1.54) is 16.2 Å². The summed E-state index contributed by atoms with van der Waals surface area (Å²) >= 11 is 10.6. The van der Waals surface area contributed by atoms with Crippen molar-refractivity contribution in [3.8, 4) is 0 Å². The third-order valence-electron chi connectivity index (χ3n) is 3.07. The highest BCUT2D eigenvalue weighted by molar-refractivity contribution is 9.10. The summed E-state index contributed by atoms with van der Waals surface area (Å²) in [6.07, 6.45) is -3.52. The highest BCUT2D eigenvalue weighted by atomic mass is 79.9. The summed E-state index contributed by atoms with van der Waals surface area (Å²) in [5, 5.41) is 8.06. The van der Waals surface area contributed by atoms with Crippen molar-refractivity contribution in [1.29, 1.82) is 0 Å². The number of hydrogen-bond acceptors (Lipinski definition) is 3. The van der Waals surface area contributed by atoms with Gasteiger partial charge in [-0.05, 0) is 17.7 Å². The van der Waals surface area contributed by atoms with Gasteiger partial charge >= 0.3 is 6.18 Å². The fourth-order valence-electron chi connectivity index (χ4n) is 1.94. The average molecular weight is 423 g/mol. The van der Waals surface area contributed by atoms with Gasteiger partial charge in [-0.1, -0.05) is 57.5 Å². The molecule has 9 heteroatoms. The molecule has 0 spiro atoms. The monoisotopic (exact) mass is 421 g/mol. The minimum absolute atomic E-state index is 0.0833. The lowest BCUT2D eigenvalue weighted by Gasteiger charge is -2.09. The van der Waals surface area contributed by atoms with Crippen LogP contribution in [0.15, 0.2) is 46.2 Å². The van der Waals surface area contributed by atoms with Gasteiger partial charge in [-0.2, -0.15) is 13.2 Å². The van der Waals surface area contributed by atoms with E-state index in [4.69, 9.17) is 11.6 Å². The van der Waals surface area contributed by atoms with Crippen molar-refractivity contribution < 1.29 is 13.2 Å². The van der Waals surface area contributed by atoms with Crippen molar-refractivity contribution in [2.75, 3.05) is 0 Å². The molecule has 1 aromatic carbocycles. The van der Waals surface area contributed by atoms with Crippen molar-refractivity contribution in [2.45, 2.75) is 17.1 Å². The van der Waals surface area contributed by atoms with E-state index in [2.05, 4.69) is 26.1 Å². The maximum Gasteiger partial charge on any atom is 0.417 e. The molecule has 0 aliphatic carbocycles. The Hall–Kier alpha value is -1.25. The summed E-state index contributed by atoms with van der Waals surface area (Å²) < 4.78 is 40.9. The minimum atomic E-state index is -4.48. The maximum absolute atomic E-state index is 12.9. The van der Waals surface area contributed by atoms with Crippen LogP contribution in [0.3, 0.4) is 0 Å². The molecule has 3 nitrogen and oxygen atoms in total. The molecule has 0 bridgehead atoms. The van der Waals surface area contributed by atoms with Crippen molar-refractivity contribution in [3.63, 3.8) is 0 Å². The first-order chi connectivity index (χ1) is 10.9. The average Bonchev–Trinajstić information content (AvgIpc) is 2.89. The predicted octanol–water partition coefficient (Wildman–Crippen LogP) is 5.46. The van der Waals surface area contributed by atoms with Crippen LogP contribution >= 0.6 is 39.3 Å². The number of pyridine rings is 1. The molecular weight excluding hydrogens is 415 g/mol. The van der Waals surface area contributed by atoms with E-state index in [9.17, 15) is 13.2 Å². The predicted molar refractivity (Wildman–Crippen MR) is 86.7 cm³/mol. The topological polar surface area (TPSA) is 30.2 Å². The third kappa shape index (κ3) is 3.49. The number of nitrogens with zero attached hydrogens (tertiary/aromatic N) is 3. The molecule has 0 amide bonds. The number of aromatic nitrogens is 3. The quantitative estimate of drug-likeness (QED) is 0.525. The maximum atomic E-state index is 12.9. The first-order valence-corrected chi connectivity index (χ1v) is 8.49. The standard InChI is InChI=1S/C14H8BrClF3N3S/c15-10-4-2-1-3-8(10)7-23-13-21-20-12-11(16)5-9(6-22(12)13)14(17,18)19/h1-6H,7H2. The van der Waals surface area contributed by atoms with E-state index >= 15 is 0 Å². The summed E-state index contributed by atoms with van der Waals surface area (Å²) in [6.45, 7) is 0. The summed E-state index contributed by atoms with van der Waals surface area (Å²) in [7, 11) is 0. The molecule has 0 aliphatic rings. The van der Waals surface area contributed by atoms with Gasteiger partial charge in [-0.3, -0.25) is 4.40 Å². The molecule has 23 heavy (non-hydrogen) atoms. The number of fused-ring (bicyclic) bond motifs is 1. The fraction of sp³-hybridized carbons (Fsp3) is 0.143. The molecular formula is C14H8BrClF3N3S. The van der Waals surface area contributed by atoms with Gasteiger partial charge in [0.2, 0.25) is 0 Å². The Kier molecular flexibility index (Phi) is 4.57. The highest BCUT2D eigenvalue weighted by Crippen LogP contribution is 2.34. The van der Waals surface area contributed by atoms with Crippen molar-refractivity contribution >= 4 is 44.9 Å². The second kappa shape index (κ2) is 6.33. The van der Waals surface area contributed by atoms with E-state index < -0.39 is 11.7 Å². The Balaban J connectivity index is 1.95. The summed E-state index contributed by atoms with van der Waals surface area (Å²) in [6, 6.07) is 8.46. The number of rotatable bonds is 3. The first kappa shape index (κ1) is 16.6. The molecule has 2 aromatic heterocycles. The number of halogens is 5. The summed E-state index contributed by atoms with van der Waals surface area (Å²) in [4.78, 5) is 0. The van der Waals surface area contributed by atoms with Crippen LogP contribution in [-0.2, 0) is 11.9 Å². The SMILES string of the molecule is FC(F)(F)c1cc(Cl)c2nnc(SCc3ccccc3Br)n2c1. The lowest BCUT2D eigenvalue weighted by atomic mass is 10.2. The van der Waals surface area contributed by atoms with Crippen LogP contribution in [0.1, 0.15) is 11.1 Å². The van der Waals surface area contributed by atoms with Crippen LogP contribution in [0.4, 0.5) is 13.2 Å². The van der Waals surface area contributed by atoms with E-state index in [0.29, 0.717) is 10.9 Å². The Bertz CT molecular complexity index is 866. The Morgan fingerprint density at radius 1 is 1.22 bits per heavy atom. The van der Waals surface area contributed by atoms with Gasteiger partial charge in [0.1, 0.15) is 0 Å². The Morgan fingerprint density at radius 2 is 1.96 bits per heavy atom. The lowest BCUT2D eigenvalue weighted by molar-refractivity contribution is -0.137. The summed E-state index contributed by atoms with van der Waals surface area (Å²) in [5.41, 5.74) is 0.374.